The van der Waals surface area contributed by atoms with Gasteiger partial charge in [0, 0.05) is 11.1 Å². The maximum atomic E-state index is 13.1. The Morgan fingerprint density at radius 2 is 2.06 bits per heavy atom. The number of aryl methyl sites for hydroxylation is 1. The lowest BCUT2D eigenvalue weighted by atomic mass is 9.95. The minimum Gasteiger partial charge on any atom is -0.462 e. The van der Waals surface area contributed by atoms with E-state index < -0.39 is 5.97 Å². The SMILES string of the molecule is CCOC(=O)c1c(NC(=O)c2cc3c(=O)n4ccccc4nc3s2)sc2c1CCCC2. The Kier molecular flexibility index (Phi) is 5.07. The second-order valence-electron chi connectivity index (χ2n) is 7.26. The number of hydrogen-bond donors (Lipinski definition) is 1. The summed E-state index contributed by atoms with van der Waals surface area (Å²) in [5.74, 6) is -0.764. The van der Waals surface area contributed by atoms with Crippen LogP contribution in [0, 0.1) is 0 Å². The van der Waals surface area contributed by atoms with Crippen LogP contribution in [0.15, 0.2) is 35.3 Å². The third-order valence-electron chi connectivity index (χ3n) is 5.32. The summed E-state index contributed by atoms with van der Waals surface area (Å²) in [7, 11) is 0. The summed E-state index contributed by atoms with van der Waals surface area (Å²) in [5, 5.41) is 3.81. The Hall–Kier alpha value is -3.04. The first-order valence-corrected chi connectivity index (χ1v) is 11.7. The van der Waals surface area contributed by atoms with Crippen LogP contribution in [0.5, 0.6) is 0 Å². The molecule has 5 rings (SSSR count). The van der Waals surface area contributed by atoms with Gasteiger partial charge in [-0.25, -0.2) is 9.78 Å². The fraction of sp³-hybridized carbons (Fsp3) is 0.273. The zero-order chi connectivity index (χ0) is 21.5. The van der Waals surface area contributed by atoms with Crippen LogP contribution < -0.4 is 10.9 Å². The van der Waals surface area contributed by atoms with Gasteiger partial charge < -0.3 is 10.1 Å². The van der Waals surface area contributed by atoms with Gasteiger partial charge in [0.05, 0.1) is 22.4 Å². The lowest BCUT2D eigenvalue weighted by molar-refractivity contribution is 0.0526. The average molecular weight is 454 g/mol. The zero-order valence-corrected chi connectivity index (χ0v) is 18.4. The number of nitrogens with zero attached hydrogens (tertiary/aromatic N) is 2. The monoisotopic (exact) mass is 453 g/mol. The normalized spacial score (nSPS) is 13.3. The van der Waals surface area contributed by atoms with Crippen molar-refractivity contribution in [1.82, 2.24) is 9.38 Å². The predicted octanol–water partition coefficient (Wildman–Crippen LogP) is 4.28. The smallest absolute Gasteiger partial charge is 0.341 e. The minimum atomic E-state index is -0.403. The summed E-state index contributed by atoms with van der Waals surface area (Å²) < 4.78 is 6.71. The van der Waals surface area contributed by atoms with E-state index in [1.54, 1.807) is 31.3 Å². The summed E-state index contributed by atoms with van der Waals surface area (Å²) in [4.78, 5) is 45.0. The molecule has 0 unspecified atom stereocenters. The number of thiophene rings is 2. The van der Waals surface area contributed by atoms with E-state index in [0.717, 1.165) is 47.5 Å². The Bertz CT molecular complexity index is 1400. The third-order valence-corrected chi connectivity index (χ3v) is 7.55. The van der Waals surface area contributed by atoms with Crippen LogP contribution in [0.25, 0.3) is 15.9 Å². The number of nitrogens with one attached hydrogen (secondary N) is 1. The topological polar surface area (TPSA) is 89.8 Å². The molecule has 0 atom stereocenters. The van der Waals surface area contributed by atoms with Gasteiger partial charge in [-0.1, -0.05) is 6.07 Å². The van der Waals surface area contributed by atoms with Crippen molar-refractivity contribution >= 4 is 55.4 Å². The van der Waals surface area contributed by atoms with Crippen molar-refractivity contribution in [2.75, 3.05) is 11.9 Å². The molecule has 4 aromatic rings. The van der Waals surface area contributed by atoms with E-state index in [4.69, 9.17) is 4.74 Å². The molecule has 31 heavy (non-hydrogen) atoms. The number of anilines is 1. The van der Waals surface area contributed by atoms with E-state index in [1.165, 1.54) is 15.7 Å². The van der Waals surface area contributed by atoms with Gasteiger partial charge in [0.1, 0.15) is 15.5 Å². The number of rotatable bonds is 4. The van der Waals surface area contributed by atoms with Crippen molar-refractivity contribution in [1.29, 1.82) is 0 Å². The van der Waals surface area contributed by atoms with Gasteiger partial charge in [-0.15, -0.1) is 22.7 Å². The van der Waals surface area contributed by atoms with Crippen molar-refractivity contribution in [3.05, 3.63) is 61.7 Å². The highest BCUT2D eigenvalue weighted by Crippen LogP contribution is 2.39. The lowest BCUT2D eigenvalue weighted by Gasteiger charge is -2.12. The summed E-state index contributed by atoms with van der Waals surface area (Å²) in [5.41, 5.74) is 1.78. The zero-order valence-electron chi connectivity index (χ0n) is 16.8. The van der Waals surface area contributed by atoms with Gasteiger partial charge in [-0.3, -0.25) is 14.0 Å². The molecule has 7 nitrogen and oxygen atoms in total. The van der Waals surface area contributed by atoms with Gasteiger partial charge in [-0.2, -0.15) is 0 Å². The molecule has 0 bridgehead atoms. The summed E-state index contributed by atoms with van der Waals surface area (Å²) >= 11 is 2.61. The molecule has 1 N–H and O–H groups in total. The number of esters is 1. The lowest BCUT2D eigenvalue weighted by Crippen LogP contribution is -2.15. The summed E-state index contributed by atoms with van der Waals surface area (Å²) in [6.07, 6.45) is 5.46. The Labute approximate surface area is 185 Å². The van der Waals surface area contributed by atoms with Crippen LogP contribution in [0.3, 0.4) is 0 Å². The van der Waals surface area contributed by atoms with E-state index in [0.29, 0.717) is 31.3 Å². The first-order valence-electron chi connectivity index (χ1n) is 10.1. The highest BCUT2D eigenvalue weighted by atomic mass is 32.1. The summed E-state index contributed by atoms with van der Waals surface area (Å²) in [6.45, 7) is 2.04. The van der Waals surface area contributed by atoms with Gasteiger partial charge in [0.2, 0.25) is 0 Å². The molecule has 1 aliphatic rings. The van der Waals surface area contributed by atoms with E-state index >= 15 is 0 Å². The number of amides is 1. The Morgan fingerprint density at radius 3 is 2.90 bits per heavy atom. The quantitative estimate of drug-likeness (QED) is 0.466. The van der Waals surface area contributed by atoms with Crippen LogP contribution >= 0.6 is 22.7 Å². The molecule has 0 saturated carbocycles. The standard InChI is InChI=1S/C22H19N3O4S2/c1-2-29-22(28)17-12-7-3-4-8-14(12)30-20(17)24-18(26)15-11-13-19(31-15)23-16-9-5-6-10-25(16)21(13)27/h5-6,9-11H,2-4,7-8H2,1H3,(H,24,26). The molecule has 1 aliphatic carbocycles. The number of carbonyl (C=O) groups is 2. The number of ether oxygens (including phenoxy) is 1. The number of fused-ring (bicyclic) bond motifs is 3. The largest absolute Gasteiger partial charge is 0.462 e. The van der Waals surface area contributed by atoms with Gasteiger partial charge in [-0.05, 0) is 56.4 Å². The maximum Gasteiger partial charge on any atom is 0.341 e. The molecule has 0 aliphatic heterocycles. The first kappa shape index (κ1) is 19.9. The molecule has 0 spiro atoms. The molecule has 0 saturated heterocycles. The van der Waals surface area contributed by atoms with Crippen molar-refractivity contribution in [2.24, 2.45) is 0 Å². The fourth-order valence-corrected chi connectivity index (χ4v) is 6.09. The molecule has 158 valence electrons. The maximum absolute atomic E-state index is 13.1. The second-order valence-corrected chi connectivity index (χ2v) is 9.40. The highest BCUT2D eigenvalue weighted by Gasteiger charge is 2.28. The molecule has 0 aromatic carbocycles. The molecule has 9 heteroatoms. The molecular formula is C22H19N3O4S2. The molecule has 4 aromatic heterocycles. The number of carbonyl (C=O) groups excluding carboxylic acids is 2. The van der Waals surface area contributed by atoms with Crippen LogP contribution in [-0.4, -0.2) is 27.9 Å². The summed E-state index contributed by atoms with van der Waals surface area (Å²) in [6, 6.07) is 6.89. The van der Waals surface area contributed by atoms with Gasteiger partial charge in [0.25, 0.3) is 11.5 Å². The van der Waals surface area contributed by atoms with Crippen molar-refractivity contribution in [2.45, 2.75) is 32.6 Å². The van der Waals surface area contributed by atoms with E-state index in [2.05, 4.69) is 10.3 Å². The molecule has 0 radical (unpaired) electrons. The molecule has 0 fully saturated rings. The first-order chi connectivity index (χ1) is 15.1. The van der Waals surface area contributed by atoms with Gasteiger partial charge >= 0.3 is 5.97 Å². The van der Waals surface area contributed by atoms with Crippen LogP contribution in [0.2, 0.25) is 0 Å². The molecular weight excluding hydrogens is 434 g/mol. The highest BCUT2D eigenvalue weighted by molar-refractivity contribution is 7.20. The number of aromatic nitrogens is 2. The third kappa shape index (κ3) is 3.43. The van der Waals surface area contributed by atoms with Crippen LogP contribution in [0.1, 0.15) is 50.2 Å². The fourth-order valence-electron chi connectivity index (χ4n) is 3.90. The molecule has 4 heterocycles. The minimum absolute atomic E-state index is 0.213. The second kappa shape index (κ2) is 7.90. The van der Waals surface area contributed by atoms with Gasteiger partial charge in [0.15, 0.2) is 0 Å². The van der Waals surface area contributed by atoms with Crippen molar-refractivity contribution < 1.29 is 14.3 Å². The Balaban J connectivity index is 1.53. The number of pyridine rings is 1. The van der Waals surface area contributed by atoms with Crippen molar-refractivity contribution in [3.63, 3.8) is 0 Å². The van der Waals surface area contributed by atoms with E-state index in [1.807, 2.05) is 6.07 Å². The van der Waals surface area contributed by atoms with E-state index in [9.17, 15) is 14.4 Å². The average Bonchev–Trinajstić information content (AvgIpc) is 3.35. The predicted molar refractivity (Wildman–Crippen MR) is 122 cm³/mol. The van der Waals surface area contributed by atoms with Crippen LogP contribution in [0.4, 0.5) is 5.00 Å². The number of hydrogen-bond acceptors (Lipinski definition) is 7. The van der Waals surface area contributed by atoms with E-state index in [-0.39, 0.29) is 18.1 Å². The van der Waals surface area contributed by atoms with Crippen molar-refractivity contribution in [3.8, 4) is 0 Å². The Morgan fingerprint density at radius 1 is 1.23 bits per heavy atom. The van der Waals surface area contributed by atoms with Crippen LogP contribution in [-0.2, 0) is 17.6 Å². The molecule has 1 amide bonds.